The molecular weight excluding hydrogens is 378 g/mol. The molecule has 1 aromatic heterocycles. The van der Waals surface area contributed by atoms with Gasteiger partial charge in [0.15, 0.2) is 0 Å². The molecular formula is C16H18BrN3O4. The molecule has 1 N–H and O–H groups in total. The standard InChI is InChI=1S/C16H18BrN3O4/c1-10(7-15(22)24-2)19-14(21)5-6-20-9-18-13-4-3-11(17)8-12(13)16(20)23/h3-4,8-10H,5-7H2,1-2H3,(H,19,21). The summed E-state index contributed by atoms with van der Waals surface area (Å²) in [5.41, 5.74) is 0.410. The minimum Gasteiger partial charge on any atom is -0.469 e. The molecule has 0 spiro atoms. The molecule has 0 saturated carbocycles. The number of ether oxygens (including phenoxy) is 1. The zero-order chi connectivity index (χ0) is 17.7. The lowest BCUT2D eigenvalue weighted by Gasteiger charge is -2.13. The number of benzene rings is 1. The number of aromatic nitrogens is 2. The Morgan fingerprint density at radius 2 is 2.17 bits per heavy atom. The Balaban J connectivity index is 2.00. The van der Waals surface area contributed by atoms with E-state index in [1.165, 1.54) is 18.0 Å². The Morgan fingerprint density at radius 3 is 2.88 bits per heavy atom. The van der Waals surface area contributed by atoms with Gasteiger partial charge in [-0.05, 0) is 25.1 Å². The first-order valence-corrected chi connectivity index (χ1v) is 8.21. The number of fused-ring (bicyclic) bond motifs is 1. The largest absolute Gasteiger partial charge is 0.469 e. The molecule has 1 aromatic carbocycles. The first-order valence-electron chi connectivity index (χ1n) is 7.41. The zero-order valence-electron chi connectivity index (χ0n) is 13.4. The fourth-order valence-corrected chi connectivity index (χ4v) is 2.60. The van der Waals surface area contributed by atoms with Gasteiger partial charge in [0.2, 0.25) is 5.91 Å². The van der Waals surface area contributed by atoms with Crippen molar-refractivity contribution in [3.05, 3.63) is 39.4 Å². The summed E-state index contributed by atoms with van der Waals surface area (Å²) < 4.78 is 6.74. The lowest BCUT2D eigenvalue weighted by atomic mass is 10.2. The van der Waals surface area contributed by atoms with Gasteiger partial charge in [-0.25, -0.2) is 4.98 Å². The summed E-state index contributed by atoms with van der Waals surface area (Å²) in [7, 11) is 1.30. The number of methoxy groups -OCH3 is 1. The molecule has 0 radical (unpaired) electrons. The molecule has 0 aliphatic rings. The number of esters is 1. The molecule has 0 aliphatic carbocycles. The minimum absolute atomic E-state index is 0.105. The van der Waals surface area contributed by atoms with Crippen molar-refractivity contribution >= 4 is 38.7 Å². The average Bonchev–Trinajstić information content (AvgIpc) is 2.54. The molecule has 8 heteroatoms. The average molecular weight is 396 g/mol. The van der Waals surface area contributed by atoms with Crippen LogP contribution in [0.2, 0.25) is 0 Å². The van der Waals surface area contributed by atoms with E-state index in [2.05, 4.69) is 31.0 Å². The van der Waals surface area contributed by atoms with Crippen molar-refractivity contribution < 1.29 is 14.3 Å². The molecule has 24 heavy (non-hydrogen) atoms. The van der Waals surface area contributed by atoms with Gasteiger partial charge in [-0.3, -0.25) is 19.0 Å². The smallest absolute Gasteiger partial charge is 0.307 e. The Morgan fingerprint density at radius 1 is 1.42 bits per heavy atom. The van der Waals surface area contributed by atoms with E-state index in [1.807, 2.05) is 6.07 Å². The molecule has 1 amide bonds. The maximum Gasteiger partial charge on any atom is 0.307 e. The van der Waals surface area contributed by atoms with Gasteiger partial charge in [0, 0.05) is 23.5 Å². The highest BCUT2D eigenvalue weighted by molar-refractivity contribution is 9.10. The number of halogens is 1. The number of aryl methyl sites for hydroxylation is 1. The lowest BCUT2D eigenvalue weighted by molar-refractivity contribution is -0.141. The number of amides is 1. The van der Waals surface area contributed by atoms with Crippen LogP contribution in [-0.4, -0.2) is 34.6 Å². The fraction of sp³-hybridized carbons (Fsp3) is 0.375. The van der Waals surface area contributed by atoms with Gasteiger partial charge >= 0.3 is 5.97 Å². The second-order valence-electron chi connectivity index (χ2n) is 5.40. The van der Waals surface area contributed by atoms with E-state index in [-0.39, 0.29) is 42.9 Å². The van der Waals surface area contributed by atoms with Crippen LogP contribution in [0.5, 0.6) is 0 Å². The van der Waals surface area contributed by atoms with E-state index in [4.69, 9.17) is 0 Å². The summed E-state index contributed by atoms with van der Waals surface area (Å²) in [6, 6.07) is 4.95. The molecule has 7 nitrogen and oxygen atoms in total. The van der Waals surface area contributed by atoms with Crippen LogP contribution in [0.25, 0.3) is 10.9 Å². The van der Waals surface area contributed by atoms with E-state index in [1.54, 1.807) is 19.1 Å². The van der Waals surface area contributed by atoms with Gasteiger partial charge in [0.05, 0.1) is 30.8 Å². The second kappa shape index (κ2) is 8.05. The number of nitrogens with zero attached hydrogens (tertiary/aromatic N) is 2. The van der Waals surface area contributed by atoms with Crippen molar-refractivity contribution in [3.63, 3.8) is 0 Å². The van der Waals surface area contributed by atoms with Crippen LogP contribution in [0.1, 0.15) is 19.8 Å². The van der Waals surface area contributed by atoms with Crippen LogP contribution < -0.4 is 10.9 Å². The number of nitrogens with one attached hydrogen (secondary N) is 1. The monoisotopic (exact) mass is 395 g/mol. The summed E-state index contributed by atoms with van der Waals surface area (Å²) in [4.78, 5) is 39.7. The summed E-state index contributed by atoms with van der Waals surface area (Å²) >= 11 is 3.33. The molecule has 1 unspecified atom stereocenters. The van der Waals surface area contributed by atoms with Gasteiger partial charge in [-0.2, -0.15) is 0 Å². The van der Waals surface area contributed by atoms with Crippen molar-refractivity contribution in [2.24, 2.45) is 0 Å². The molecule has 128 valence electrons. The zero-order valence-corrected chi connectivity index (χ0v) is 15.0. The minimum atomic E-state index is -0.386. The number of carbonyl (C=O) groups is 2. The van der Waals surface area contributed by atoms with E-state index in [9.17, 15) is 14.4 Å². The van der Waals surface area contributed by atoms with Gasteiger partial charge in [0.25, 0.3) is 5.56 Å². The molecule has 1 atom stereocenters. The van der Waals surface area contributed by atoms with Gasteiger partial charge in [-0.15, -0.1) is 0 Å². The van der Waals surface area contributed by atoms with Gasteiger partial charge < -0.3 is 10.1 Å². The first kappa shape index (κ1) is 18.1. The summed E-state index contributed by atoms with van der Waals surface area (Å²) in [6.07, 6.45) is 1.66. The Labute approximate surface area is 147 Å². The molecule has 0 fully saturated rings. The third-order valence-corrected chi connectivity index (χ3v) is 3.97. The molecule has 2 rings (SSSR count). The van der Waals surface area contributed by atoms with Crippen LogP contribution in [0, 0.1) is 0 Å². The highest BCUT2D eigenvalue weighted by Gasteiger charge is 2.12. The van der Waals surface area contributed by atoms with Crippen molar-refractivity contribution in [2.75, 3.05) is 7.11 Å². The van der Waals surface area contributed by atoms with Crippen LogP contribution in [-0.2, 0) is 20.9 Å². The fourth-order valence-electron chi connectivity index (χ4n) is 2.24. The number of hydrogen-bond donors (Lipinski definition) is 1. The quantitative estimate of drug-likeness (QED) is 0.750. The van der Waals surface area contributed by atoms with Crippen LogP contribution in [0.3, 0.4) is 0 Å². The van der Waals surface area contributed by atoms with Crippen molar-refractivity contribution in [3.8, 4) is 0 Å². The number of carbonyl (C=O) groups excluding carboxylic acids is 2. The third-order valence-electron chi connectivity index (χ3n) is 3.47. The van der Waals surface area contributed by atoms with E-state index in [0.717, 1.165) is 4.47 Å². The molecule has 0 bridgehead atoms. The van der Waals surface area contributed by atoms with Crippen LogP contribution in [0.15, 0.2) is 33.8 Å². The third kappa shape index (κ3) is 4.64. The van der Waals surface area contributed by atoms with Crippen molar-refractivity contribution in [1.82, 2.24) is 14.9 Å². The maximum atomic E-state index is 12.4. The van der Waals surface area contributed by atoms with E-state index in [0.29, 0.717) is 10.9 Å². The summed E-state index contributed by atoms with van der Waals surface area (Å²) in [5.74, 6) is -0.629. The lowest BCUT2D eigenvalue weighted by Crippen LogP contribution is -2.35. The van der Waals surface area contributed by atoms with Crippen LogP contribution in [0.4, 0.5) is 0 Å². The van der Waals surface area contributed by atoms with Crippen molar-refractivity contribution in [2.45, 2.75) is 32.4 Å². The van der Waals surface area contributed by atoms with Crippen molar-refractivity contribution in [1.29, 1.82) is 0 Å². The predicted octanol–water partition coefficient (Wildman–Crippen LogP) is 1.62. The second-order valence-corrected chi connectivity index (χ2v) is 6.32. The predicted molar refractivity (Wildman–Crippen MR) is 92.6 cm³/mol. The summed E-state index contributed by atoms with van der Waals surface area (Å²) in [6.45, 7) is 1.93. The van der Waals surface area contributed by atoms with E-state index >= 15 is 0 Å². The molecule has 2 aromatic rings. The number of hydrogen-bond acceptors (Lipinski definition) is 5. The molecule has 0 saturated heterocycles. The van der Waals surface area contributed by atoms with Gasteiger partial charge in [-0.1, -0.05) is 15.9 Å². The Kier molecular flexibility index (Phi) is 6.08. The SMILES string of the molecule is COC(=O)CC(C)NC(=O)CCn1cnc2ccc(Br)cc2c1=O. The number of rotatable bonds is 6. The first-order chi connectivity index (χ1) is 11.4. The Bertz CT molecular complexity index is 819. The van der Waals surface area contributed by atoms with Gasteiger partial charge in [0.1, 0.15) is 0 Å². The molecule has 0 aliphatic heterocycles. The van der Waals surface area contributed by atoms with Crippen LogP contribution >= 0.6 is 15.9 Å². The Hall–Kier alpha value is -2.22. The molecule has 1 heterocycles. The topological polar surface area (TPSA) is 90.3 Å². The maximum absolute atomic E-state index is 12.4. The highest BCUT2D eigenvalue weighted by atomic mass is 79.9. The normalized spacial score (nSPS) is 12.0. The highest BCUT2D eigenvalue weighted by Crippen LogP contribution is 2.14. The summed E-state index contributed by atoms with van der Waals surface area (Å²) in [5, 5.41) is 3.19. The van der Waals surface area contributed by atoms with E-state index < -0.39 is 0 Å².